The summed E-state index contributed by atoms with van der Waals surface area (Å²) in [6.45, 7) is 0. The van der Waals surface area contributed by atoms with Crippen molar-refractivity contribution in [2.45, 2.75) is 18.1 Å². The fraction of sp³-hybridized carbons (Fsp3) is 0.600. The summed E-state index contributed by atoms with van der Waals surface area (Å²) >= 11 is 3.88. The van der Waals surface area contributed by atoms with Crippen molar-refractivity contribution in [2.75, 3.05) is 0 Å². The van der Waals surface area contributed by atoms with Gasteiger partial charge in [0.25, 0.3) is 0 Å². The molecule has 1 atom stereocenters. The summed E-state index contributed by atoms with van der Waals surface area (Å²) in [4.78, 5) is 21.6. The van der Waals surface area contributed by atoms with Crippen molar-refractivity contribution in [2.24, 2.45) is 0 Å². The standard InChI is InChI=1S/C5H6O2S3/c6-3-1-4(7)5(2-3)9-10-8/h5,8H,1-2H2. The van der Waals surface area contributed by atoms with E-state index in [1.165, 1.54) is 20.6 Å². The van der Waals surface area contributed by atoms with Gasteiger partial charge in [-0.2, -0.15) is 0 Å². The summed E-state index contributed by atoms with van der Waals surface area (Å²) in [5.74, 6) is 0.112. The second-order valence-corrected chi connectivity index (χ2v) is 5.32. The Balaban J connectivity index is 2.46. The van der Waals surface area contributed by atoms with Gasteiger partial charge in [0, 0.05) is 6.42 Å². The van der Waals surface area contributed by atoms with Crippen molar-refractivity contribution in [1.82, 2.24) is 0 Å². The second-order valence-electron chi connectivity index (χ2n) is 2.05. The average molecular weight is 194 g/mol. The quantitative estimate of drug-likeness (QED) is 0.410. The highest BCUT2D eigenvalue weighted by Gasteiger charge is 2.30. The molecule has 10 heavy (non-hydrogen) atoms. The van der Waals surface area contributed by atoms with E-state index in [1.807, 2.05) is 0 Å². The van der Waals surface area contributed by atoms with Gasteiger partial charge in [0.2, 0.25) is 0 Å². The average Bonchev–Trinajstić information content (AvgIpc) is 2.13. The number of Topliss-reactive ketones (excluding diaryl/α,β-unsaturated/α-hetero) is 2. The molecule has 1 unspecified atom stereocenters. The SMILES string of the molecule is O=C1CC(=O)C(SSS)C1. The Bertz CT molecular complexity index is 168. The van der Waals surface area contributed by atoms with Gasteiger partial charge in [0.1, 0.15) is 5.78 Å². The number of hydrogen-bond acceptors (Lipinski definition) is 5. The van der Waals surface area contributed by atoms with E-state index in [9.17, 15) is 9.59 Å². The maximum absolute atomic E-state index is 10.9. The molecule has 1 aliphatic carbocycles. The Hall–Kier alpha value is 0.390. The minimum absolute atomic E-state index is 0.0524. The molecule has 5 heteroatoms. The molecule has 1 aliphatic rings. The van der Waals surface area contributed by atoms with Crippen LogP contribution >= 0.6 is 32.3 Å². The van der Waals surface area contributed by atoms with Gasteiger partial charge in [-0.3, -0.25) is 9.59 Å². The summed E-state index contributed by atoms with van der Waals surface area (Å²) in [5.41, 5.74) is 0. The van der Waals surface area contributed by atoms with E-state index >= 15 is 0 Å². The number of rotatable bonds is 2. The van der Waals surface area contributed by atoms with E-state index in [4.69, 9.17) is 0 Å². The molecule has 0 aliphatic heterocycles. The molecule has 1 saturated carbocycles. The van der Waals surface area contributed by atoms with Crippen LogP contribution in [0, 0.1) is 0 Å². The van der Waals surface area contributed by atoms with Crippen LogP contribution in [-0.4, -0.2) is 16.8 Å². The van der Waals surface area contributed by atoms with Crippen LogP contribution in [0.25, 0.3) is 0 Å². The molecule has 1 fully saturated rings. The molecular weight excluding hydrogens is 188 g/mol. The predicted molar refractivity (Wildman–Crippen MR) is 47.2 cm³/mol. The van der Waals surface area contributed by atoms with Gasteiger partial charge in [-0.25, -0.2) is 0 Å². The van der Waals surface area contributed by atoms with Crippen LogP contribution in [0.15, 0.2) is 0 Å². The molecule has 0 aromatic heterocycles. The lowest BCUT2D eigenvalue weighted by Crippen LogP contribution is -2.05. The largest absolute Gasteiger partial charge is 0.299 e. The van der Waals surface area contributed by atoms with Crippen molar-refractivity contribution < 1.29 is 9.59 Å². The summed E-state index contributed by atoms with van der Waals surface area (Å²) in [7, 11) is 2.60. The van der Waals surface area contributed by atoms with Gasteiger partial charge >= 0.3 is 0 Å². The lowest BCUT2D eigenvalue weighted by atomic mass is 10.3. The molecule has 2 nitrogen and oxygen atoms in total. The van der Waals surface area contributed by atoms with E-state index in [1.54, 1.807) is 0 Å². The molecule has 0 radical (unpaired) electrons. The van der Waals surface area contributed by atoms with E-state index in [0.29, 0.717) is 6.42 Å². The lowest BCUT2D eigenvalue weighted by molar-refractivity contribution is -0.121. The van der Waals surface area contributed by atoms with Crippen molar-refractivity contribution >= 4 is 43.8 Å². The van der Waals surface area contributed by atoms with E-state index < -0.39 is 0 Å². The highest BCUT2D eigenvalue weighted by Crippen LogP contribution is 2.35. The normalized spacial score (nSPS) is 25.9. The summed E-state index contributed by atoms with van der Waals surface area (Å²) < 4.78 is 0. The Labute approximate surface area is 71.7 Å². The first-order chi connectivity index (χ1) is 4.74. The Kier molecular flexibility index (Phi) is 3.13. The molecule has 0 heterocycles. The van der Waals surface area contributed by atoms with Crippen molar-refractivity contribution in [3.05, 3.63) is 0 Å². The van der Waals surface area contributed by atoms with Gasteiger partial charge in [-0.1, -0.05) is 22.5 Å². The molecule has 0 amide bonds. The Morgan fingerprint density at radius 2 is 2.20 bits per heavy atom. The first kappa shape index (κ1) is 8.49. The smallest absolute Gasteiger partial charge is 0.154 e. The molecule has 0 bridgehead atoms. The zero-order chi connectivity index (χ0) is 7.56. The second kappa shape index (κ2) is 3.69. The molecule has 0 aromatic carbocycles. The number of ketones is 2. The molecule has 1 rings (SSSR count). The maximum atomic E-state index is 10.9. The third-order valence-electron chi connectivity index (χ3n) is 1.30. The minimum Gasteiger partial charge on any atom is -0.299 e. The molecule has 56 valence electrons. The zero-order valence-electron chi connectivity index (χ0n) is 5.07. The van der Waals surface area contributed by atoms with Crippen molar-refractivity contribution in [3.63, 3.8) is 0 Å². The van der Waals surface area contributed by atoms with Crippen LogP contribution in [0.4, 0.5) is 0 Å². The number of hydrogen-bond donors (Lipinski definition) is 1. The molecular formula is C5H6O2S3. The number of carbonyl (C=O) groups is 2. The maximum Gasteiger partial charge on any atom is 0.154 e. The van der Waals surface area contributed by atoms with Crippen LogP contribution in [0.1, 0.15) is 12.8 Å². The highest BCUT2D eigenvalue weighted by atomic mass is 33.5. The van der Waals surface area contributed by atoms with Crippen LogP contribution in [0.5, 0.6) is 0 Å². The van der Waals surface area contributed by atoms with Gasteiger partial charge in [-0.05, 0) is 9.83 Å². The highest BCUT2D eigenvalue weighted by molar-refractivity contribution is 9.05. The molecule has 0 spiro atoms. The van der Waals surface area contributed by atoms with E-state index in [-0.39, 0.29) is 23.2 Å². The lowest BCUT2D eigenvalue weighted by Gasteiger charge is -1.99. The van der Waals surface area contributed by atoms with Crippen molar-refractivity contribution in [1.29, 1.82) is 0 Å². The molecule has 0 saturated heterocycles. The summed E-state index contributed by atoms with van der Waals surface area (Å²) in [6, 6.07) is 0. The number of carbonyl (C=O) groups excluding carboxylic acids is 2. The van der Waals surface area contributed by atoms with E-state index in [0.717, 1.165) is 0 Å². The zero-order valence-corrected chi connectivity index (χ0v) is 7.60. The Morgan fingerprint density at radius 1 is 1.50 bits per heavy atom. The van der Waals surface area contributed by atoms with Gasteiger partial charge < -0.3 is 0 Å². The van der Waals surface area contributed by atoms with Gasteiger partial charge in [0.15, 0.2) is 5.78 Å². The first-order valence-electron chi connectivity index (χ1n) is 2.75. The van der Waals surface area contributed by atoms with Crippen LogP contribution < -0.4 is 0 Å². The van der Waals surface area contributed by atoms with Crippen LogP contribution in [0.3, 0.4) is 0 Å². The van der Waals surface area contributed by atoms with Crippen LogP contribution in [0.2, 0.25) is 0 Å². The minimum atomic E-state index is -0.130. The third-order valence-corrected chi connectivity index (χ3v) is 3.78. The fourth-order valence-electron chi connectivity index (χ4n) is 0.841. The molecule has 0 aromatic rings. The van der Waals surface area contributed by atoms with Gasteiger partial charge in [0.05, 0.1) is 11.7 Å². The Morgan fingerprint density at radius 3 is 2.60 bits per heavy atom. The summed E-state index contributed by atoms with van der Waals surface area (Å²) in [6.07, 6.45) is 0.531. The van der Waals surface area contributed by atoms with E-state index in [2.05, 4.69) is 11.7 Å². The van der Waals surface area contributed by atoms with Crippen LogP contribution in [-0.2, 0) is 9.59 Å². The van der Waals surface area contributed by atoms with Crippen molar-refractivity contribution in [3.8, 4) is 0 Å². The third kappa shape index (κ3) is 1.93. The molecule has 0 N–H and O–H groups in total. The van der Waals surface area contributed by atoms with Gasteiger partial charge in [-0.15, -0.1) is 0 Å². The predicted octanol–water partition coefficient (Wildman–Crippen LogP) is 1.51. The first-order valence-corrected chi connectivity index (χ1v) is 6.02. The number of thiol groups is 1. The fourth-order valence-corrected chi connectivity index (χ4v) is 3.16. The summed E-state index contributed by atoms with van der Waals surface area (Å²) in [5, 5.41) is -0.130. The monoisotopic (exact) mass is 194 g/mol. The topological polar surface area (TPSA) is 34.1 Å².